The molecular weight excluding hydrogens is 202 g/mol. The molecule has 0 aliphatic carbocycles. The summed E-state index contributed by atoms with van der Waals surface area (Å²) in [4.78, 5) is 10.7. The Morgan fingerprint density at radius 1 is 1.44 bits per heavy atom. The van der Waals surface area contributed by atoms with Crippen molar-refractivity contribution in [3.05, 3.63) is 54.8 Å². The molecule has 0 saturated carbocycles. The number of carbonyl (C=O) groups excluding carboxylic acids is 1. The summed E-state index contributed by atoms with van der Waals surface area (Å²) in [6, 6.07) is 9.91. The van der Waals surface area contributed by atoms with E-state index in [4.69, 9.17) is 0 Å². The summed E-state index contributed by atoms with van der Waals surface area (Å²) >= 11 is 0. The maximum atomic E-state index is 10.7. The molecule has 0 saturated heterocycles. The number of hydrogen-bond donors (Lipinski definition) is 1. The molecule has 0 atom stereocenters. The lowest BCUT2D eigenvalue weighted by Crippen LogP contribution is -2.15. The van der Waals surface area contributed by atoms with Crippen LogP contribution >= 0.6 is 0 Å². The van der Waals surface area contributed by atoms with Crippen LogP contribution in [-0.2, 0) is 4.74 Å². The molecule has 0 spiro atoms. The van der Waals surface area contributed by atoms with Gasteiger partial charge in [-0.25, -0.2) is 4.79 Å². The van der Waals surface area contributed by atoms with Gasteiger partial charge >= 0.3 is 6.09 Å². The van der Waals surface area contributed by atoms with Gasteiger partial charge in [-0.1, -0.05) is 43.0 Å². The summed E-state index contributed by atoms with van der Waals surface area (Å²) in [5.74, 6) is 0. The normalized spacial score (nSPS) is 10.1. The van der Waals surface area contributed by atoms with Gasteiger partial charge in [-0.2, -0.15) is 0 Å². The fourth-order valence-electron chi connectivity index (χ4n) is 1.18. The van der Waals surface area contributed by atoms with Gasteiger partial charge in [-0.3, -0.25) is 5.32 Å². The van der Waals surface area contributed by atoms with Crippen LogP contribution in [0.5, 0.6) is 0 Å². The number of methoxy groups -OCH3 is 1. The Hall–Kier alpha value is -2.03. The molecular formula is C13H15NO2. The maximum absolute atomic E-state index is 10.7. The van der Waals surface area contributed by atoms with Gasteiger partial charge < -0.3 is 4.74 Å². The van der Waals surface area contributed by atoms with Crippen molar-refractivity contribution in [1.29, 1.82) is 0 Å². The first kappa shape index (κ1) is 12.0. The number of allylic oxidation sites excluding steroid dienone is 2. The van der Waals surface area contributed by atoms with E-state index in [0.29, 0.717) is 6.42 Å². The number of rotatable bonds is 4. The highest BCUT2D eigenvalue weighted by Gasteiger charge is 1.95. The van der Waals surface area contributed by atoms with Crippen LogP contribution in [-0.4, -0.2) is 13.2 Å². The standard InChI is InChI=1S/C13H15NO2/c1-11(12-8-4-3-5-9-12)7-6-10-14-13(15)16-2/h3-6,8-10H,1,7H2,2H3,(H,14,15)/b10-6-. The number of amides is 1. The second kappa shape index (κ2) is 6.45. The molecule has 3 nitrogen and oxygen atoms in total. The quantitative estimate of drug-likeness (QED) is 0.842. The van der Waals surface area contributed by atoms with E-state index < -0.39 is 6.09 Å². The first-order valence-corrected chi connectivity index (χ1v) is 4.96. The molecule has 0 fully saturated rings. The Labute approximate surface area is 95.4 Å². The lowest BCUT2D eigenvalue weighted by molar-refractivity contribution is 0.175. The highest BCUT2D eigenvalue weighted by molar-refractivity contribution is 5.68. The van der Waals surface area contributed by atoms with Crippen molar-refractivity contribution in [2.75, 3.05) is 7.11 Å². The van der Waals surface area contributed by atoms with E-state index in [1.165, 1.54) is 7.11 Å². The lowest BCUT2D eigenvalue weighted by atomic mass is 10.1. The molecule has 1 aromatic carbocycles. The first-order valence-electron chi connectivity index (χ1n) is 4.96. The van der Waals surface area contributed by atoms with E-state index >= 15 is 0 Å². The van der Waals surface area contributed by atoms with E-state index in [2.05, 4.69) is 16.6 Å². The molecule has 84 valence electrons. The fraction of sp³-hybridized carbons (Fsp3) is 0.154. The smallest absolute Gasteiger partial charge is 0.410 e. The summed E-state index contributed by atoms with van der Waals surface area (Å²) in [7, 11) is 1.33. The molecule has 0 aromatic heterocycles. The van der Waals surface area contributed by atoms with Crippen molar-refractivity contribution in [3.63, 3.8) is 0 Å². The van der Waals surface area contributed by atoms with Gasteiger partial charge in [0.25, 0.3) is 0 Å². The highest BCUT2D eigenvalue weighted by atomic mass is 16.5. The summed E-state index contributed by atoms with van der Waals surface area (Å²) in [5.41, 5.74) is 2.11. The Morgan fingerprint density at radius 3 is 2.75 bits per heavy atom. The van der Waals surface area contributed by atoms with Gasteiger partial charge in [0.1, 0.15) is 0 Å². The maximum Gasteiger partial charge on any atom is 0.410 e. The summed E-state index contributed by atoms with van der Waals surface area (Å²) in [6.45, 7) is 3.97. The third kappa shape index (κ3) is 4.00. The molecule has 1 aromatic rings. The van der Waals surface area contributed by atoms with Crippen LogP contribution in [0.2, 0.25) is 0 Å². The van der Waals surface area contributed by atoms with E-state index in [9.17, 15) is 4.79 Å². The summed E-state index contributed by atoms with van der Waals surface area (Å²) in [5, 5.41) is 2.46. The Bertz CT molecular complexity index is 382. The van der Waals surface area contributed by atoms with Crippen molar-refractivity contribution in [2.45, 2.75) is 6.42 Å². The van der Waals surface area contributed by atoms with Crippen LogP contribution in [0.3, 0.4) is 0 Å². The fourth-order valence-corrected chi connectivity index (χ4v) is 1.18. The minimum atomic E-state index is -0.471. The second-order valence-electron chi connectivity index (χ2n) is 3.21. The van der Waals surface area contributed by atoms with Gasteiger partial charge in [0, 0.05) is 6.20 Å². The molecule has 1 rings (SSSR count). The molecule has 0 radical (unpaired) electrons. The molecule has 0 bridgehead atoms. The zero-order valence-corrected chi connectivity index (χ0v) is 9.27. The van der Waals surface area contributed by atoms with E-state index in [1.807, 2.05) is 36.4 Å². The van der Waals surface area contributed by atoms with Crippen LogP contribution in [0, 0.1) is 0 Å². The highest BCUT2D eigenvalue weighted by Crippen LogP contribution is 2.15. The predicted octanol–water partition coefficient (Wildman–Crippen LogP) is 2.96. The van der Waals surface area contributed by atoms with Crippen LogP contribution in [0.25, 0.3) is 5.57 Å². The van der Waals surface area contributed by atoms with Crippen molar-refractivity contribution in [3.8, 4) is 0 Å². The van der Waals surface area contributed by atoms with E-state index in [0.717, 1.165) is 11.1 Å². The van der Waals surface area contributed by atoms with Gasteiger partial charge in [0.2, 0.25) is 0 Å². The average molecular weight is 217 g/mol. The number of hydrogen-bond acceptors (Lipinski definition) is 2. The minimum absolute atomic E-state index is 0.471. The minimum Gasteiger partial charge on any atom is -0.453 e. The van der Waals surface area contributed by atoms with Gasteiger partial charge in [-0.15, -0.1) is 0 Å². The number of nitrogens with one attached hydrogen (secondary N) is 1. The zero-order chi connectivity index (χ0) is 11.8. The van der Waals surface area contributed by atoms with Crippen LogP contribution in [0.15, 0.2) is 49.2 Å². The number of benzene rings is 1. The number of carbonyl (C=O) groups is 1. The van der Waals surface area contributed by atoms with Crippen LogP contribution < -0.4 is 5.32 Å². The monoisotopic (exact) mass is 217 g/mol. The summed E-state index contributed by atoms with van der Waals surface area (Å²) in [6.07, 6.45) is 3.60. The topological polar surface area (TPSA) is 38.3 Å². The van der Waals surface area contributed by atoms with Gasteiger partial charge in [0.05, 0.1) is 7.11 Å². The number of alkyl carbamates (subject to hydrolysis) is 1. The number of ether oxygens (including phenoxy) is 1. The predicted molar refractivity (Wildman–Crippen MR) is 64.8 cm³/mol. The van der Waals surface area contributed by atoms with Crippen LogP contribution in [0.4, 0.5) is 4.79 Å². The van der Waals surface area contributed by atoms with Crippen molar-refractivity contribution >= 4 is 11.7 Å². The molecule has 3 heteroatoms. The molecule has 16 heavy (non-hydrogen) atoms. The van der Waals surface area contributed by atoms with Crippen molar-refractivity contribution in [2.24, 2.45) is 0 Å². The van der Waals surface area contributed by atoms with Crippen molar-refractivity contribution in [1.82, 2.24) is 5.32 Å². The molecule has 1 amide bonds. The molecule has 1 N–H and O–H groups in total. The van der Waals surface area contributed by atoms with Crippen molar-refractivity contribution < 1.29 is 9.53 Å². The zero-order valence-electron chi connectivity index (χ0n) is 9.27. The SMILES string of the molecule is C=C(C/C=C\NC(=O)OC)c1ccccc1. The third-order valence-corrected chi connectivity index (χ3v) is 2.05. The molecule has 0 aliphatic rings. The second-order valence-corrected chi connectivity index (χ2v) is 3.21. The Morgan fingerprint density at radius 2 is 2.12 bits per heavy atom. The average Bonchev–Trinajstić information content (AvgIpc) is 2.35. The first-order chi connectivity index (χ1) is 7.74. The Balaban J connectivity index is 2.39. The van der Waals surface area contributed by atoms with E-state index in [-0.39, 0.29) is 0 Å². The Kier molecular flexibility index (Phi) is 4.86. The molecule has 0 unspecified atom stereocenters. The van der Waals surface area contributed by atoms with Crippen LogP contribution in [0.1, 0.15) is 12.0 Å². The summed E-state index contributed by atoms with van der Waals surface area (Å²) < 4.78 is 4.42. The molecule has 0 heterocycles. The van der Waals surface area contributed by atoms with Gasteiger partial charge in [0.15, 0.2) is 0 Å². The van der Waals surface area contributed by atoms with Gasteiger partial charge in [-0.05, 0) is 17.6 Å². The molecule has 0 aliphatic heterocycles. The lowest BCUT2D eigenvalue weighted by Gasteiger charge is -2.01. The van der Waals surface area contributed by atoms with E-state index in [1.54, 1.807) is 6.20 Å². The largest absolute Gasteiger partial charge is 0.453 e. The third-order valence-electron chi connectivity index (χ3n) is 2.05.